The second-order valence-electron chi connectivity index (χ2n) is 7.77. The van der Waals surface area contributed by atoms with Crippen LogP contribution in [0.15, 0.2) is 35.3 Å². The first-order valence-electron chi connectivity index (χ1n) is 10.0. The number of likely N-dealkylation sites (N-methyl/N-ethyl adjacent to an activating group) is 1. The Morgan fingerprint density at radius 3 is 2.53 bits per heavy atom. The number of benzene rings is 2. The summed E-state index contributed by atoms with van der Waals surface area (Å²) in [5, 5.41) is 2.64. The standard InChI is InChI=1S/C23H21N3O6/c1-25(2)4-5-26-22-15-8-20-21(32-12-31-20)9-17(15)24-10-16(22)13-6-18(29-3)19(30-11-27)7-14(13)23(26)28/h6-11H,4-5,12H2,1-3H3. The highest BCUT2D eigenvalue weighted by Gasteiger charge is 2.21. The Bertz CT molecular complexity index is 1440. The number of ether oxygens (including phenoxy) is 4. The lowest BCUT2D eigenvalue weighted by Gasteiger charge is -2.18. The van der Waals surface area contributed by atoms with Crippen molar-refractivity contribution in [1.82, 2.24) is 14.5 Å². The van der Waals surface area contributed by atoms with Crippen molar-refractivity contribution in [2.75, 3.05) is 34.5 Å². The zero-order valence-corrected chi connectivity index (χ0v) is 17.9. The van der Waals surface area contributed by atoms with Crippen molar-refractivity contribution in [3.63, 3.8) is 0 Å². The Kier molecular flexibility index (Phi) is 4.82. The molecule has 0 atom stereocenters. The second kappa shape index (κ2) is 7.69. The van der Waals surface area contributed by atoms with Gasteiger partial charge in [0, 0.05) is 41.5 Å². The van der Waals surface area contributed by atoms with Crippen LogP contribution in [0.1, 0.15) is 0 Å². The minimum absolute atomic E-state index is 0.149. The Hall–Kier alpha value is -3.85. The number of methoxy groups -OCH3 is 1. The molecule has 0 aliphatic carbocycles. The molecule has 0 fully saturated rings. The van der Waals surface area contributed by atoms with E-state index >= 15 is 0 Å². The predicted octanol–water partition coefficient (Wildman–Crippen LogP) is 2.54. The summed E-state index contributed by atoms with van der Waals surface area (Å²) in [5.41, 5.74) is 1.25. The third kappa shape index (κ3) is 3.09. The van der Waals surface area contributed by atoms with E-state index in [-0.39, 0.29) is 18.1 Å². The average molecular weight is 435 g/mol. The van der Waals surface area contributed by atoms with Crippen LogP contribution in [0.25, 0.3) is 32.6 Å². The molecule has 5 rings (SSSR count). The zero-order chi connectivity index (χ0) is 22.4. The highest BCUT2D eigenvalue weighted by Crippen LogP contribution is 2.40. The van der Waals surface area contributed by atoms with E-state index in [4.69, 9.17) is 18.9 Å². The molecule has 3 heterocycles. The molecule has 4 aromatic rings. The number of nitrogens with zero attached hydrogens (tertiary/aromatic N) is 3. The molecule has 1 aliphatic rings. The summed E-state index contributed by atoms with van der Waals surface area (Å²) in [4.78, 5) is 31.3. The molecule has 2 aromatic carbocycles. The molecule has 9 nitrogen and oxygen atoms in total. The number of fused-ring (bicyclic) bond motifs is 6. The fourth-order valence-corrected chi connectivity index (χ4v) is 4.08. The van der Waals surface area contributed by atoms with Gasteiger partial charge in [-0.1, -0.05) is 0 Å². The van der Waals surface area contributed by atoms with Crippen molar-refractivity contribution in [3.05, 3.63) is 40.8 Å². The van der Waals surface area contributed by atoms with Crippen LogP contribution >= 0.6 is 0 Å². The van der Waals surface area contributed by atoms with E-state index in [2.05, 4.69) is 4.98 Å². The molecule has 164 valence electrons. The van der Waals surface area contributed by atoms with E-state index in [0.29, 0.717) is 53.1 Å². The van der Waals surface area contributed by atoms with Gasteiger partial charge in [0.05, 0.1) is 23.5 Å². The van der Waals surface area contributed by atoms with Gasteiger partial charge in [-0.2, -0.15) is 0 Å². The Morgan fingerprint density at radius 2 is 1.81 bits per heavy atom. The second-order valence-corrected chi connectivity index (χ2v) is 7.77. The molecule has 0 radical (unpaired) electrons. The number of hydrogen-bond acceptors (Lipinski definition) is 8. The van der Waals surface area contributed by atoms with Gasteiger partial charge in [-0.3, -0.25) is 14.6 Å². The molecular weight excluding hydrogens is 414 g/mol. The molecule has 1 aliphatic heterocycles. The summed E-state index contributed by atoms with van der Waals surface area (Å²) in [7, 11) is 5.38. The van der Waals surface area contributed by atoms with Crippen molar-refractivity contribution < 1.29 is 23.7 Å². The van der Waals surface area contributed by atoms with Crippen LogP contribution in [0, 0.1) is 0 Å². The van der Waals surface area contributed by atoms with Gasteiger partial charge in [0.25, 0.3) is 12.0 Å². The van der Waals surface area contributed by atoms with Crippen molar-refractivity contribution in [2.45, 2.75) is 6.54 Å². The van der Waals surface area contributed by atoms with Crippen LogP contribution in [0.2, 0.25) is 0 Å². The van der Waals surface area contributed by atoms with Crippen molar-refractivity contribution in [1.29, 1.82) is 0 Å². The van der Waals surface area contributed by atoms with Gasteiger partial charge in [0.1, 0.15) is 0 Å². The van der Waals surface area contributed by atoms with E-state index in [1.54, 1.807) is 22.9 Å². The predicted molar refractivity (Wildman–Crippen MR) is 119 cm³/mol. The maximum Gasteiger partial charge on any atom is 0.298 e. The number of rotatable bonds is 6. The Morgan fingerprint density at radius 1 is 1.06 bits per heavy atom. The van der Waals surface area contributed by atoms with Gasteiger partial charge < -0.3 is 28.4 Å². The number of aromatic nitrogens is 2. The van der Waals surface area contributed by atoms with Crippen LogP contribution < -0.4 is 24.5 Å². The lowest BCUT2D eigenvalue weighted by Crippen LogP contribution is -2.27. The van der Waals surface area contributed by atoms with E-state index in [1.807, 2.05) is 31.1 Å². The molecule has 0 spiro atoms. The molecule has 32 heavy (non-hydrogen) atoms. The third-order valence-corrected chi connectivity index (χ3v) is 5.62. The summed E-state index contributed by atoms with van der Waals surface area (Å²) in [6.07, 6.45) is 1.74. The highest BCUT2D eigenvalue weighted by molar-refractivity contribution is 6.15. The van der Waals surface area contributed by atoms with Crippen LogP contribution in [-0.2, 0) is 11.3 Å². The zero-order valence-electron chi connectivity index (χ0n) is 17.9. The minimum Gasteiger partial charge on any atom is -0.493 e. The van der Waals surface area contributed by atoms with Crippen molar-refractivity contribution in [2.24, 2.45) is 0 Å². The number of pyridine rings is 2. The maximum absolute atomic E-state index is 13.7. The molecule has 0 amide bonds. The van der Waals surface area contributed by atoms with E-state index in [1.165, 1.54) is 7.11 Å². The summed E-state index contributed by atoms with van der Waals surface area (Å²) >= 11 is 0. The van der Waals surface area contributed by atoms with Crippen LogP contribution in [0.3, 0.4) is 0 Å². The molecule has 0 bridgehead atoms. The van der Waals surface area contributed by atoms with Crippen molar-refractivity contribution >= 4 is 39.1 Å². The quantitative estimate of drug-likeness (QED) is 0.337. The SMILES string of the molecule is COc1cc2c(cc1OC=O)c(=O)n(CCN(C)C)c1c3cc4c(cc3ncc21)OCO4. The van der Waals surface area contributed by atoms with Crippen LogP contribution in [-0.4, -0.2) is 55.5 Å². The van der Waals surface area contributed by atoms with Gasteiger partial charge in [-0.25, -0.2) is 0 Å². The van der Waals surface area contributed by atoms with Crippen LogP contribution in [0.5, 0.6) is 23.0 Å². The number of carbonyl (C=O) groups is 1. The first kappa shape index (κ1) is 20.1. The van der Waals surface area contributed by atoms with Gasteiger partial charge in [0.15, 0.2) is 23.0 Å². The van der Waals surface area contributed by atoms with Gasteiger partial charge in [-0.15, -0.1) is 0 Å². The van der Waals surface area contributed by atoms with Gasteiger partial charge in [-0.05, 0) is 32.3 Å². The molecule has 0 N–H and O–H groups in total. The molecule has 0 saturated heterocycles. The Labute approximate surface area is 182 Å². The first-order chi connectivity index (χ1) is 15.5. The molecule has 0 saturated carbocycles. The lowest BCUT2D eigenvalue weighted by molar-refractivity contribution is -0.120. The largest absolute Gasteiger partial charge is 0.493 e. The van der Waals surface area contributed by atoms with E-state index in [0.717, 1.165) is 16.3 Å². The fraction of sp³-hybridized carbons (Fsp3) is 0.261. The first-order valence-corrected chi connectivity index (χ1v) is 10.0. The average Bonchev–Trinajstić information content (AvgIpc) is 3.24. The summed E-state index contributed by atoms with van der Waals surface area (Å²) in [5.74, 6) is 1.78. The monoisotopic (exact) mass is 435 g/mol. The van der Waals surface area contributed by atoms with E-state index < -0.39 is 0 Å². The fourth-order valence-electron chi connectivity index (χ4n) is 4.08. The van der Waals surface area contributed by atoms with Gasteiger partial charge >= 0.3 is 0 Å². The maximum atomic E-state index is 13.7. The summed E-state index contributed by atoms with van der Waals surface area (Å²) in [6, 6.07) is 6.93. The molecule has 2 aromatic heterocycles. The van der Waals surface area contributed by atoms with Crippen LogP contribution in [0.4, 0.5) is 0 Å². The highest BCUT2D eigenvalue weighted by atomic mass is 16.7. The normalized spacial score (nSPS) is 12.8. The topological polar surface area (TPSA) is 92.1 Å². The smallest absolute Gasteiger partial charge is 0.298 e. The van der Waals surface area contributed by atoms with Crippen molar-refractivity contribution in [3.8, 4) is 23.0 Å². The molecule has 0 unspecified atom stereocenters. The van der Waals surface area contributed by atoms with Gasteiger partial charge in [0.2, 0.25) is 6.79 Å². The number of carbonyl (C=O) groups excluding carboxylic acids is 1. The lowest BCUT2D eigenvalue weighted by atomic mass is 10.0. The molecular formula is C23H21N3O6. The summed E-state index contributed by atoms with van der Waals surface area (Å²) in [6.45, 7) is 1.58. The molecule has 9 heteroatoms. The Balaban J connectivity index is 1.93. The number of hydrogen-bond donors (Lipinski definition) is 0. The third-order valence-electron chi connectivity index (χ3n) is 5.62. The minimum atomic E-state index is -0.196. The van der Waals surface area contributed by atoms with E-state index in [9.17, 15) is 9.59 Å². The summed E-state index contributed by atoms with van der Waals surface area (Å²) < 4.78 is 23.3.